The van der Waals surface area contributed by atoms with E-state index in [1.807, 2.05) is 0 Å². The topological polar surface area (TPSA) is 64.6 Å². The fourth-order valence-corrected chi connectivity index (χ4v) is 2.50. The lowest BCUT2D eigenvalue weighted by Crippen LogP contribution is -2.13. The Hall–Kier alpha value is -2.24. The second-order valence-electron chi connectivity index (χ2n) is 5.20. The van der Waals surface area contributed by atoms with Gasteiger partial charge in [-0.2, -0.15) is 0 Å². The van der Waals surface area contributed by atoms with Gasteiger partial charge >= 0.3 is 5.97 Å². The zero-order chi connectivity index (χ0) is 18.2. The molecule has 1 amide bonds. The van der Waals surface area contributed by atoms with E-state index < -0.39 is 5.97 Å². The Bertz CT molecular complexity index is 764. The molecule has 5 nitrogen and oxygen atoms in total. The van der Waals surface area contributed by atoms with Crippen molar-refractivity contribution >= 4 is 40.8 Å². The van der Waals surface area contributed by atoms with Gasteiger partial charge in [0, 0.05) is 30.1 Å². The van der Waals surface area contributed by atoms with Gasteiger partial charge in [0.15, 0.2) is 0 Å². The summed E-state index contributed by atoms with van der Waals surface area (Å²) >= 11 is 11.8. The molecule has 0 saturated heterocycles. The zero-order valence-electron chi connectivity index (χ0n) is 13.6. The quantitative estimate of drug-likeness (QED) is 0.428. The molecule has 0 aromatic heterocycles. The second-order valence-corrected chi connectivity index (χ2v) is 6.04. The molecule has 0 aliphatic heterocycles. The molecule has 0 aliphatic carbocycles. The minimum Gasteiger partial charge on any atom is -0.492 e. The van der Waals surface area contributed by atoms with Crippen molar-refractivity contribution in [3.63, 3.8) is 0 Å². The van der Waals surface area contributed by atoms with Crippen LogP contribution in [-0.4, -0.2) is 18.5 Å². The Morgan fingerprint density at radius 1 is 1.12 bits per heavy atom. The van der Waals surface area contributed by atoms with Crippen LogP contribution >= 0.6 is 23.2 Å². The maximum absolute atomic E-state index is 12.0. The van der Waals surface area contributed by atoms with E-state index in [0.717, 1.165) is 0 Å². The number of hydrogen-bond acceptors (Lipinski definition) is 4. The molecule has 0 spiro atoms. The third-order valence-corrected chi connectivity index (χ3v) is 3.61. The van der Waals surface area contributed by atoms with Crippen LogP contribution in [0.5, 0.6) is 11.5 Å². The maximum Gasteiger partial charge on any atom is 0.308 e. The highest BCUT2D eigenvalue weighted by Crippen LogP contribution is 2.27. The number of hydrogen-bond donors (Lipinski definition) is 1. The molecule has 2 rings (SSSR count). The van der Waals surface area contributed by atoms with Gasteiger partial charge < -0.3 is 14.8 Å². The Labute approximate surface area is 155 Å². The number of rotatable bonds is 7. The SMILES string of the molecule is CC(=O)Oc1cccc(NC(=O)CCCOc2ccc(Cl)cc2Cl)c1. The van der Waals surface area contributed by atoms with Crippen LogP contribution in [0.3, 0.4) is 0 Å². The minimum atomic E-state index is -0.415. The number of ether oxygens (including phenoxy) is 2. The zero-order valence-corrected chi connectivity index (χ0v) is 15.1. The smallest absolute Gasteiger partial charge is 0.308 e. The summed E-state index contributed by atoms with van der Waals surface area (Å²) in [6.45, 7) is 1.67. The van der Waals surface area contributed by atoms with E-state index in [9.17, 15) is 9.59 Å². The van der Waals surface area contributed by atoms with Crippen molar-refractivity contribution < 1.29 is 19.1 Å². The average Bonchev–Trinajstić information content (AvgIpc) is 2.53. The number of carbonyl (C=O) groups is 2. The summed E-state index contributed by atoms with van der Waals surface area (Å²) in [6, 6.07) is 11.6. The third kappa shape index (κ3) is 6.64. The number of halogens is 2. The molecule has 132 valence electrons. The summed E-state index contributed by atoms with van der Waals surface area (Å²) in [5.74, 6) is 0.332. The normalized spacial score (nSPS) is 10.2. The summed E-state index contributed by atoms with van der Waals surface area (Å²) in [5, 5.41) is 3.71. The molecule has 2 aromatic rings. The molecule has 0 heterocycles. The van der Waals surface area contributed by atoms with Gasteiger partial charge in [0.1, 0.15) is 11.5 Å². The van der Waals surface area contributed by atoms with E-state index in [1.165, 1.54) is 6.92 Å². The van der Waals surface area contributed by atoms with Crippen LogP contribution in [0.15, 0.2) is 42.5 Å². The van der Waals surface area contributed by atoms with Crippen molar-refractivity contribution in [3.8, 4) is 11.5 Å². The van der Waals surface area contributed by atoms with Crippen LogP contribution in [0.1, 0.15) is 19.8 Å². The molecule has 25 heavy (non-hydrogen) atoms. The predicted molar refractivity (Wildman–Crippen MR) is 97.6 cm³/mol. The highest BCUT2D eigenvalue weighted by molar-refractivity contribution is 6.35. The summed E-state index contributed by atoms with van der Waals surface area (Å²) < 4.78 is 10.5. The van der Waals surface area contributed by atoms with E-state index in [0.29, 0.717) is 40.3 Å². The second kappa shape index (κ2) is 9.30. The first-order chi connectivity index (χ1) is 11.9. The number of amides is 1. The average molecular weight is 382 g/mol. The Morgan fingerprint density at radius 3 is 2.64 bits per heavy atom. The minimum absolute atomic E-state index is 0.161. The fraction of sp³-hybridized carbons (Fsp3) is 0.222. The van der Waals surface area contributed by atoms with E-state index in [4.69, 9.17) is 32.7 Å². The van der Waals surface area contributed by atoms with Crippen LogP contribution in [0.25, 0.3) is 0 Å². The monoisotopic (exact) mass is 381 g/mol. The third-order valence-electron chi connectivity index (χ3n) is 3.08. The van der Waals surface area contributed by atoms with E-state index in [1.54, 1.807) is 42.5 Å². The van der Waals surface area contributed by atoms with Gasteiger partial charge in [0.25, 0.3) is 0 Å². The number of anilines is 1. The van der Waals surface area contributed by atoms with E-state index >= 15 is 0 Å². The van der Waals surface area contributed by atoms with Crippen molar-refractivity contribution in [2.75, 3.05) is 11.9 Å². The number of nitrogens with one attached hydrogen (secondary N) is 1. The molecule has 0 bridgehead atoms. The number of benzene rings is 2. The lowest BCUT2D eigenvalue weighted by Gasteiger charge is -2.09. The summed E-state index contributed by atoms with van der Waals surface area (Å²) in [5.41, 5.74) is 0.561. The van der Waals surface area contributed by atoms with Crippen molar-refractivity contribution in [1.29, 1.82) is 0 Å². The highest BCUT2D eigenvalue weighted by Gasteiger charge is 2.06. The standard InChI is InChI=1S/C18H17Cl2NO4/c1-12(22)25-15-5-2-4-14(11-15)21-18(23)6-3-9-24-17-8-7-13(19)10-16(17)20/h2,4-5,7-8,10-11H,3,6,9H2,1H3,(H,21,23). The van der Waals surface area contributed by atoms with Crippen LogP contribution in [0.4, 0.5) is 5.69 Å². The largest absolute Gasteiger partial charge is 0.492 e. The molecule has 0 unspecified atom stereocenters. The summed E-state index contributed by atoms with van der Waals surface area (Å²) in [6.07, 6.45) is 0.803. The first-order valence-corrected chi connectivity index (χ1v) is 8.36. The van der Waals surface area contributed by atoms with Crippen molar-refractivity contribution in [1.82, 2.24) is 0 Å². The van der Waals surface area contributed by atoms with Crippen LogP contribution < -0.4 is 14.8 Å². The molecule has 1 N–H and O–H groups in total. The van der Waals surface area contributed by atoms with Crippen LogP contribution in [0.2, 0.25) is 10.0 Å². The van der Waals surface area contributed by atoms with Crippen molar-refractivity contribution in [3.05, 3.63) is 52.5 Å². The molecule has 7 heteroatoms. The predicted octanol–water partition coefficient (Wildman–Crippen LogP) is 4.72. The van der Waals surface area contributed by atoms with E-state index in [-0.39, 0.29) is 12.3 Å². The lowest BCUT2D eigenvalue weighted by atomic mass is 10.2. The van der Waals surface area contributed by atoms with E-state index in [2.05, 4.69) is 5.32 Å². The number of carbonyl (C=O) groups excluding carboxylic acids is 2. The molecule has 0 saturated carbocycles. The van der Waals surface area contributed by atoms with Crippen molar-refractivity contribution in [2.24, 2.45) is 0 Å². The molecule has 0 fully saturated rings. The molecular formula is C18H17Cl2NO4. The fourth-order valence-electron chi connectivity index (χ4n) is 2.03. The molecule has 0 radical (unpaired) electrons. The molecular weight excluding hydrogens is 365 g/mol. The van der Waals surface area contributed by atoms with Gasteiger partial charge in [-0.15, -0.1) is 0 Å². The number of esters is 1. The Morgan fingerprint density at radius 2 is 1.92 bits per heavy atom. The summed E-state index contributed by atoms with van der Waals surface area (Å²) in [4.78, 5) is 22.9. The van der Waals surface area contributed by atoms with Crippen LogP contribution in [-0.2, 0) is 9.59 Å². The Kier molecular flexibility index (Phi) is 7.10. The van der Waals surface area contributed by atoms with Gasteiger partial charge in [-0.3, -0.25) is 9.59 Å². The molecule has 0 aliphatic rings. The van der Waals surface area contributed by atoms with Gasteiger partial charge in [0.05, 0.1) is 11.6 Å². The van der Waals surface area contributed by atoms with Gasteiger partial charge in [-0.05, 0) is 36.8 Å². The highest BCUT2D eigenvalue weighted by atomic mass is 35.5. The summed E-state index contributed by atoms with van der Waals surface area (Å²) in [7, 11) is 0. The first kappa shape index (κ1) is 19.1. The van der Waals surface area contributed by atoms with Crippen molar-refractivity contribution in [2.45, 2.75) is 19.8 Å². The maximum atomic E-state index is 12.0. The van der Waals surface area contributed by atoms with Gasteiger partial charge in [-0.1, -0.05) is 29.3 Å². The first-order valence-electron chi connectivity index (χ1n) is 7.60. The Balaban J connectivity index is 1.76. The lowest BCUT2D eigenvalue weighted by molar-refractivity contribution is -0.131. The van der Waals surface area contributed by atoms with Gasteiger partial charge in [-0.25, -0.2) is 0 Å². The van der Waals surface area contributed by atoms with Gasteiger partial charge in [0.2, 0.25) is 5.91 Å². The molecule has 0 atom stereocenters. The van der Waals surface area contributed by atoms with Crippen LogP contribution in [0, 0.1) is 0 Å². The molecule has 2 aromatic carbocycles.